The Morgan fingerprint density at radius 1 is 1.21 bits per heavy atom. The summed E-state index contributed by atoms with van der Waals surface area (Å²) in [5, 5.41) is 0. The lowest BCUT2D eigenvalue weighted by molar-refractivity contribution is -0.116. The van der Waals surface area contributed by atoms with Crippen molar-refractivity contribution in [2.45, 2.75) is 30.8 Å². The van der Waals surface area contributed by atoms with Crippen molar-refractivity contribution in [2.24, 2.45) is 0 Å². The van der Waals surface area contributed by atoms with Crippen LogP contribution in [0.15, 0.2) is 47.4 Å². The molecule has 0 spiro atoms. The van der Waals surface area contributed by atoms with Crippen LogP contribution in [0.2, 0.25) is 0 Å². The molecule has 29 heavy (non-hydrogen) atoms. The third-order valence-electron chi connectivity index (χ3n) is 5.29. The minimum absolute atomic E-state index is 0.0339. The molecule has 2 aliphatic rings. The number of sulfonamides is 1. The maximum atomic E-state index is 13.1. The lowest BCUT2D eigenvalue weighted by Crippen LogP contribution is -2.41. The molecule has 0 fully saturated rings. The highest BCUT2D eigenvalue weighted by Gasteiger charge is 2.29. The molecule has 2 heterocycles. The van der Waals surface area contributed by atoms with Gasteiger partial charge in [-0.05, 0) is 48.7 Å². The fraction of sp³-hybridized carbons (Fsp3) is 0.381. The molecule has 0 aromatic heterocycles. The summed E-state index contributed by atoms with van der Waals surface area (Å²) in [7, 11) is -2.15. The Morgan fingerprint density at radius 3 is 2.72 bits per heavy atom. The number of hydrogen-bond donors (Lipinski definition) is 0. The summed E-state index contributed by atoms with van der Waals surface area (Å²) < 4.78 is 39.1. The summed E-state index contributed by atoms with van der Waals surface area (Å²) in [4.78, 5) is 13.8. The largest absolute Gasteiger partial charge is 0.486 e. The number of nitrogens with zero attached hydrogens (tertiary/aromatic N) is 2. The van der Waals surface area contributed by atoms with Gasteiger partial charge in [0.2, 0.25) is 15.9 Å². The standard InChI is InChI=1S/C21H24N2O5S/c1-15(24)23-11-5-6-16-12-18(9-10-19(16)23)29(25,26)22(2)13-17-14-27-20-7-3-4-8-21(20)28-17/h3-4,7-10,12,17H,5-6,11,13-14H2,1-2H3. The highest BCUT2D eigenvalue weighted by molar-refractivity contribution is 7.89. The van der Waals surface area contributed by atoms with Crippen molar-refractivity contribution < 1.29 is 22.7 Å². The number of carbonyl (C=O) groups excluding carboxylic acids is 1. The normalized spacial score (nSPS) is 18.4. The van der Waals surface area contributed by atoms with E-state index in [1.807, 2.05) is 18.2 Å². The summed E-state index contributed by atoms with van der Waals surface area (Å²) in [6.07, 6.45) is 1.18. The Balaban J connectivity index is 1.52. The Morgan fingerprint density at radius 2 is 1.97 bits per heavy atom. The van der Waals surface area contributed by atoms with Gasteiger partial charge in [-0.3, -0.25) is 4.79 Å². The number of hydrogen-bond acceptors (Lipinski definition) is 5. The molecule has 0 saturated carbocycles. The van der Waals surface area contributed by atoms with E-state index >= 15 is 0 Å². The monoisotopic (exact) mass is 416 g/mol. The van der Waals surface area contributed by atoms with Crippen molar-refractivity contribution in [2.75, 3.05) is 31.6 Å². The molecule has 4 rings (SSSR count). The number of anilines is 1. The first-order chi connectivity index (χ1) is 13.9. The van der Waals surface area contributed by atoms with E-state index < -0.39 is 16.1 Å². The van der Waals surface area contributed by atoms with Crippen LogP contribution in [-0.2, 0) is 21.2 Å². The zero-order chi connectivity index (χ0) is 20.6. The van der Waals surface area contributed by atoms with Crippen LogP contribution in [0, 0.1) is 0 Å². The predicted molar refractivity (Wildman–Crippen MR) is 109 cm³/mol. The SMILES string of the molecule is CC(=O)N1CCCc2cc(S(=O)(=O)N(C)CC3COc4ccccc4O3)ccc21. The van der Waals surface area contributed by atoms with Gasteiger partial charge in [0.1, 0.15) is 12.7 Å². The lowest BCUT2D eigenvalue weighted by atomic mass is 10.0. The van der Waals surface area contributed by atoms with E-state index in [-0.39, 0.29) is 24.0 Å². The molecular formula is C21H24N2O5S. The molecule has 1 amide bonds. The second kappa shape index (κ2) is 7.68. The molecule has 2 aromatic carbocycles. The molecular weight excluding hydrogens is 392 g/mol. The van der Waals surface area contributed by atoms with E-state index in [4.69, 9.17) is 9.47 Å². The molecule has 0 saturated heterocycles. The van der Waals surface area contributed by atoms with Crippen LogP contribution in [0.5, 0.6) is 11.5 Å². The van der Waals surface area contributed by atoms with E-state index in [0.717, 1.165) is 24.1 Å². The van der Waals surface area contributed by atoms with Gasteiger partial charge in [-0.15, -0.1) is 0 Å². The van der Waals surface area contributed by atoms with Crippen LogP contribution >= 0.6 is 0 Å². The molecule has 154 valence electrons. The smallest absolute Gasteiger partial charge is 0.242 e. The van der Waals surface area contributed by atoms with Crippen molar-refractivity contribution in [1.82, 2.24) is 4.31 Å². The fourth-order valence-corrected chi connectivity index (χ4v) is 5.03. The Hall–Kier alpha value is -2.58. The number of aryl methyl sites for hydroxylation is 1. The Labute approximate surface area is 170 Å². The van der Waals surface area contributed by atoms with Crippen molar-refractivity contribution in [3.63, 3.8) is 0 Å². The van der Waals surface area contributed by atoms with Crippen LogP contribution in [-0.4, -0.2) is 51.5 Å². The first-order valence-corrected chi connectivity index (χ1v) is 11.1. The van der Waals surface area contributed by atoms with Crippen LogP contribution in [0.4, 0.5) is 5.69 Å². The summed E-state index contributed by atoms with van der Waals surface area (Å²) in [5.74, 6) is 1.25. The molecule has 0 bridgehead atoms. The van der Waals surface area contributed by atoms with Gasteiger partial charge in [0.25, 0.3) is 0 Å². The number of para-hydroxylation sites is 2. The number of carbonyl (C=O) groups is 1. The zero-order valence-electron chi connectivity index (χ0n) is 16.5. The highest BCUT2D eigenvalue weighted by atomic mass is 32.2. The number of rotatable bonds is 4. The number of fused-ring (bicyclic) bond motifs is 2. The summed E-state index contributed by atoms with van der Waals surface area (Å²) in [6.45, 7) is 2.65. The molecule has 2 aromatic rings. The van der Waals surface area contributed by atoms with Crippen LogP contribution in [0.3, 0.4) is 0 Å². The second-order valence-electron chi connectivity index (χ2n) is 7.35. The Bertz CT molecular complexity index is 1040. The number of amides is 1. The Kier molecular flexibility index (Phi) is 5.23. The van der Waals surface area contributed by atoms with E-state index in [2.05, 4.69) is 0 Å². The second-order valence-corrected chi connectivity index (χ2v) is 9.39. The lowest BCUT2D eigenvalue weighted by Gasteiger charge is -2.30. The maximum absolute atomic E-state index is 13.1. The van der Waals surface area contributed by atoms with Gasteiger partial charge >= 0.3 is 0 Å². The molecule has 1 unspecified atom stereocenters. The summed E-state index contributed by atoms with van der Waals surface area (Å²) >= 11 is 0. The average Bonchev–Trinajstić information content (AvgIpc) is 2.72. The molecule has 8 heteroatoms. The summed E-state index contributed by atoms with van der Waals surface area (Å²) in [6, 6.07) is 12.3. The van der Waals surface area contributed by atoms with E-state index in [1.165, 1.54) is 11.2 Å². The fourth-order valence-electron chi connectivity index (χ4n) is 3.78. The zero-order valence-corrected chi connectivity index (χ0v) is 17.3. The minimum atomic E-state index is -3.69. The van der Waals surface area contributed by atoms with Gasteiger partial charge in [-0.1, -0.05) is 12.1 Å². The van der Waals surface area contributed by atoms with Crippen LogP contribution < -0.4 is 14.4 Å². The van der Waals surface area contributed by atoms with Crippen molar-refractivity contribution >= 4 is 21.6 Å². The molecule has 1 atom stereocenters. The van der Waals surface area contributed by atoms with E-state index in [0.29, 0.717) is 18.0 Å². The van der Waals surface area contributed by atoms with E-state index in [9.17, 15) is 13.2 Å². The van der Waals surface area contributed by atoms with Gasteiger partial charge in [-0.25, -0.2) is 8.42 Å². The van der Waals surface area contributed by atoms with Crippen LogP contribution in [0.1, 0.15) is 18.9 Å². The van der Waals surface area contributed by atoms with Gasteiger partial charge in [0.05, 0.1) is 11.4 Å². The average molecular weight is 416 g/mol. The third kappa shape index (κ3) is 3.82. The molecule has 0 N–H and O–H groups in total. The van der Waals surface area contributed by atoms with Crippen molar-refractivity contribution in [3.8, 4) is 11.5 Å². The third-order valence-corrected chi connectivity index (χ3v) is 7.11. The first-order valence-electron chi connectivity index (χ1n) is 9.62. The highest BCUT2D eigenvalue weighted by Crippen LogP contribution is 2.32. The van der Waals surface area contributed by atoms with Crippen LogP contribution in [0.25, 0.3) is 0 Å². The number of benzene rings is 2. The number of likely N-dealkylation sites (N-methyl/N-ethyl adjacent to an activating group) is 1. The van der Waals surface area contributed by atoms with Crippen molar-refractivity contribution in [1.29, 1.82) is 0 Å². The van der Waals surface area contributed by atoms with Crippen molar-refractivity contribution in [3.05, 3.63) is 48.0 Å². The number of ether oxygens (including phenoxy) is 2. The minimum Gasteiger partial charge on any atom is -0.486 e. The molecule has 7 nitrogen and oxygen atoms in total. The first kappa shape index (κ1) is 19.7. The van der Waals surface area contributed by atoms with Gasteiger partial charge in [0, 0.05) is 26.2 Å². The molecule has 2 aliphatic heterocycles. The topological polar surface area (TPSA) is 76.2 Å². The molecule has 0 aliphatic carbocycles. The quantitative estimate of drug-likeness (QED) is 0.765. The summed E-state index contributed by atoms with van der Waals surface area (Å²) in [5.41, 5.74) is 1.68. The van der Waals surface area contributed by atoms with Gasteiger partial charge in [0.15, 0.2) is 11.5 Å². The molecule has 0 radical (unpaired) electrons. The predicted octanol–water partition coefficient (Wildman–Crippen LogP) is 2.45. The maximum Gasteiger partial charge on any atom is 0.242 e. The van der Waals surface area contributed by atoms with E-state index in [1.54, 1.807) is 36.2 Å². The van der Waals surface area contributed by atoms with Gasteiger partial charge < -0.3 is 14.4 Å². The van der Waals surface area contributed by atoms with Gasteiger partial charge in [-0.2, -0.15) is 4.31 Å².